The van der Waals surface area contributed by atoms with Gasteiger partial charge in [-0.2, -0.15) is 0 Å². The first-order chi connectivity index (χ1) is 8.29. The molecule has 0 aromatic carbocycles. The van der Waals surface area contributed by atoms with Crippen LogP contribution in [0.25, 0.3) is 0 Å². The zero-order valence-electron chi connectivity index (χ0n) is 12.0. The maximum atomic E-state index is 5.95. The van der Waals surface area contributed by atoms with E-state index in [9.17, 15) is 0 Å². The fourth-order valence-electron chi connectivity index (χ4n) is 3.08. The fraction of sp³-hybridized carbons (Fsp3) is 1.00. The van der Waals surface area contributed by atoms with Gasteiger partial charge in [0.1, 0.15) is 0 Å². The van der Waals surface area contributed by atoms with Crippen LogP contribution in [0.3, 0.4) is 0 Å². The molecule has 2 nitrogen and oxygen atoms in total. The molecule has 0 spiro atoms. The molecular formula is C15H32N2. The van der Waals surface area contributed by atoms with Crippen molar-refractivity contribution in [3.63, 3.8) is 0 Å². The van der Waals surface area contributed by atoms with Crippen LogP contribution in [0.1, 0.15) is 71.1 Å². The predicted octanol–water partition coefficient (Wildman–Crippen LogP) is 3.55. The van der Waals surface area contributed by atoms with Crippen LogP contribution in [0.2, 0.25) is 0 Å². The summed E-state index contributed by atoms with van der Waals surface area (Å²) in [5.74, 6) is 0. The summed E-state index contributed by atoms with van der Waals surface area (Å²) in [7, 11) is 2.30. The smallest absolute Gasteiger partial charge is 0.0218 e. The molecule has 0 radical (unpaired) electrons. The molecule has 0 bridgehead atoms. The molecule has 0 aromatic rings. The largest absolute Gasteiger partial charge is 0.329 e. The zero-order chi connectivity index (χ0) is 12.5. The predicted molar refractivity (Wildman–Crippen MR) is 76.2 cm³/mol. The quantitative estimate of drug-likeness (QED) is 0.657. The Labute approximate surface area is 108 Å². The molecule has 102 valence electrons. The topological polar surface area (TPSA) is 29.3 Å². The van der Waals surface area contributed by atoms with Crippen LogP contribution < -0.4 is 5.73 Å². The first-order valence-electron chi connectivity index (χ1n) is 7.71. The van der Waals surface area contributed by atoms with Crippen molar-refractivity contribution >= 4 is 0 Å². The van der Waals surface area contributed by atoms with Crippen molar-refractivity contribution in [3.8, 4) is 0 Å². The molecule has 2 N–H and O–H groups in total. The van der Waals surface area contributed by atoms with Crippen molar-refractivity contribution in [2.24, 2.45) is 5.73 Å². The van der Waals surface area contributed by atoms with Gasteiger partial charge in [-0.05, 0) is 26.3 Å². The second kappa shape index (κ2) is 8.93. The number of likely N-dealkylation sites (N-methyl/N-ethyl adjacent to an activating group) is 1. The molecule has 0 saturated heterocycles. The highest BCUT2D eigenvalue weighted by molar-refractivity contribution is 4.79. The molecule has 1 aliphatic rings. The Hall–Kier alpha value is -0.0800. The number of nitrogens with zero attached hydrogens (tertiary/aromatic N) is 1. The van der Waals surface area contributed by atoms with Crippen LogP contribution in [-0.4, -0.2) is 30.6 Å². The van der Waals surface area contributed by atoms with Crippen molar-refractivity contribution < 1.29 is 0 Å². The second-order valence-corrected chi connectivity index (χ2v) is 5.70. The van der Waals surface area contributed by atoms with Gasteiger partial charge >= 0.3 is 0 Å². The average Bonchev–Trinajstić information content (AvgIpc) is 2.39. The van der Waals surface area contributed by atoms with Crippen molar-refractivity contribution in [1.82, 2.24) is 4.90 Å². The number of hydrogen-bond acceptors (Lipinski definition) is 2. The summed E-state index contributed by atoms with van der Waals surface area (Å²) in [5.41, 5.74) is 5.95. The van der Waals surface area contributed by atoms with Gasteiger partial charge in [0, 0.05) is 18.6 Å². The maximum absolute atomic E-state index is 5.95. The molecule has 0 heterocycles. The molecular weight excluding hydrogens is 208 g/mol. The van der Waals surface area contributed by atoms with Gasteiger partial charge in [-0.1, -0.05) is 51.9 Å². The molecule has 17 heavy (non-hydrogen) atoms. The van der Waals surface area contributed by atoms with E-state index in [1.807, 2.05) is 0 Å². The normalized spacial score (nSPS) is 19.8. The molecule has 0 amide bonds. The summed E-state index contributed by atoms with van der Waals surface area (Å²) in [6.45, 7) is 3.10. The van der Waals surface area contributed by atoms with Crippen molar-refractivity contribution in [1.29, 1.82) is 0 Å². The molecule has 1 aliphatic carbocycles. The Kier molecular flexibility index (Phi) is 7.87. The second-order valence-electron chi connectivity index (χ2n) is 5.70. The minimum atomic E-state index is 0.620. The van der Waals surface area contributed by atoms with Gasteiger partial charge in [-0.25, -0.2) is 0 Å². The molecule has 0 aromatic heterocycles. The highest BCUT2D eigenvalue weighted by Crippen LogP contribution is 2.24. The fourth-order valence-corrected chi connectivity index (χ4v) is 3.08. The summed E-state index contributed by atoms with van der Waals surface area (Å²) >= 11 is 0. The molecule has 2 heteroatoms. The minimum Gasteiger partial charge on any atom is -0.329 e. The SMILES string of the molecule is CCCCCCC(CN)N(C)C1CCCCC1. The van der Waals surface area contributed by atoms with Crippen molar-refractivity contribution in [2.75, 3.05) is 13.6 Å². The van der Waals surface area contributed by atoms with Gasteiger partial charge in [0.2, 0.25) is 0 Å². The van der Waals surface area contributed by atoms with Crippen LogP contribution in [0.4, 0.5) is 0 Å². The van der Waals surface area contributed by atoms with Crippen LogP contribution >= 0.6 is 0 Å². The van der Waals surface area contributed by atoms with Crippen LogP contribution in [0.5, 0.6) is 0 Å². The van der Waals surface area contributed by atoms with Gasteiger partial charge in [-0.3, -0.25) is 4.90 Å². The number of unbranched alkanes of at least 4 members (excludes halogenated alkanes) is 3. The Balaban J connectivity index is 2.26. The molecule has 1 saturated carbocycles. The zero-order valence-corrected chi connectivity index (χ0v) is 12.0. The maximum Gasteiger partial charge on any atom is 0.0218 e. The summed E-state index contributed by atoms with van der Waals surface area (Å²) in [6, 6.07) is 1.43. The van der Waals surface area contributed by atoms with Crippen LogP contribution in [0, 0.1) is 0 Å². The summed E-state index contributed by atoms with van der Waals surface area (Å²) in [6.07, 6.45) is 13.8. The lowest BCUT2D eigenvalue weighted by atomic mass is 9.93. The van der Waals surface area contributed by atoms with E-state index in [0.29, 0.717) is 6.04 Å². The van der Waals surface area contributed by atoms with Gasteiger partial charge in [0.05, 0.1) is 0 Å². The van der Waals surface area contributed by atoms with E-state index in [-0.39, 0.29) is 0 Å². The molecule has 0 aliphatic heterocycles. The van der Waals surface area contributed by atoms with E-state index in [1.54, 1.807) is 0 Å². The molecule has 1 unspecified atom stereocenters. The van der Waals surface area contributed by atoms with E-state index in [0.717, 1.165) is 12.6 Å². The number of hydrogen-bond donors (Lipinski definition) is 1. The standard InChI is InChI=1S/C15H32N2/c1-3-4-5-7-12-15(13-16)17(2)14-10-8-6-9-11-14/h14-15H,3-13,16H2,1-2H3. The van der Waals surface area contributed by atoms with Crippen molar-refractivity contribution in [3.05, 3.63) is 0 Å². The van der Waals surface area contributed by atoms with Gasteiger partial charge in [0.15, 0.2) is 0 Å². The average molecular weight is 240 g/mol. The van der Waals surface area contributed by atoms with E-state index in [1.165, 1.54) is 64.2 Å². The molecule has 1 fully saturated rings. The minimum absolute atomic E-state index is 0.620. The lowest BCUT2D eigenvalue weighted by Gasteiger charge is -2.36. The highest BCUT2D eigenvalue weighted by atomic mass is 15.2. The van der Waals surface area contributed by atoms with E-state index >= 15 is 0 Å². The van der Waals surface area contributed by atoms with Gasteiger partial charge in [-0.15, -0.1) is 0 Å². The van der Waals surface area contributed by atoms with Crippen LogP contribution in [0.15, 0.2) is 0 Å². The van der Waals surface area contributed by atoms with E-state index in [2.05, 4.69) is 18.9 Å². The van der Waals surface area contributed by atoms with Crippen LogP contribution in [-0.2, 0) is 0 Å². The van der Waals surface area contributed by atoms with Gasteiger partial charge in [0.25, 0.3) is 0 Å². The summed E-state index contributed by atoms with van der Waals surface area (Å²) in [5, 5.41) is 0. The monoisotopic (exact) mass is 240 g/mol. The Morgan fingerprint density at radius 2 is 1.82 bits per heavy atom. The molecule has 1 rings (SSSR count). The third-order valence-electron chi connectivity index (χ3n) is 4.39. The number of nitrogens with two attached hydrogens (primary N) is 1. The van der Waals surface area contributed by atoms with Crippen molar-refractivity contribution in [2.45, 2.75) is 83.2 Å². The van der Waals surface area contributed by atoms with E-state index < -0.39 is 0 Å². The van der Waals surface area contributed by atoms with Gasteiger partial charge < -0.3 is 5.73 Å². The summed E-state index contributed by atoms with van der Waals surface area (Å²) < 4.78 is 0. The highest BCUT2D eigenvalue weighted by Gasteiger charge is 2.23. The first-order valence-corrected chi connectivity index (χ1v) is 7.71. The van der Waals surface area contributed by atoms with E-state index in [4.69, 9.17) is 5.73 Å². The Morgan fingerprint density at radius 3 is 2.41 bits per heavy atom. The lowest BCUT2D eigenvalue weighted by molar-refractivity contribution is 0.132. The first kappa shape index (κ1) is 15.0. The third-order valence-corrected chi connectivity index (χ3v) is 4.39. The Bertz CT molecular complexity index is 176. The summed E-state index contributed by atoms with van der Waals surface area (Å²) in [4.78, 5) is 2.59. The molecule has 1 atom stereocenters. The Morgan fingerprint density at radius 1 is 1.12 bits per heavy atom. The lowest BCUT2D eigenvalue weighted by Crippen LogP contribution is -2.45. The number of rotatable bonds is 8. The third kappa shape index (κ3) is 5.39.